The molecule has 0 saturated heterocycles. The number of hydrogen-bond acceptors (Lipinski definition) is 6. The zero-order valence-electron chi connectivity index (χ0n) is 8.34. The first kappa shape index (κ1) is 13.9. The highest BCUT2D eigenvalue weighted by Gasteiger charge is 2.31. The van der Waals surface area contributed by atoms with Crippen LogP contribution in [0.25, 0.3) is 0 Å². The van der Waals surface area contributed by atoms with Gasteiger partial charge in [-0.05, 0) is 13.8 Å². The van der Waals surface area contributed by atoms with Gasteiger partial charge in [-0.2, -0.15) is 10.1 Å². The van der Waals surface area contributed by atoms with E-state index in [2.05, 4.69) is 16.8 Å². The number of hydrogen-bond donors (Lipinski definition) is 3. The third-order valence-electron chi connectivity index (χ3n) is 1.14. The van der Waals surface area contributed by atoms with Gasteiger partial charge in [-0.1, -0.05) is 0 Å². The molecule has 0 aliphatic rings. The molecule has 3 N–H and O–H groups in total. The molecule has 0 rings (SSSR count). The van der Waals surface area contributed by atoms with Gasteiger partial charge in [-0.3, -0.25) is 4.52 Å². The van der Waals surface area contributed by atoms with Crippen LogP contribution in [0.5, 0.6) is 0 Å². The van der Waals surface area contributed by atoms with Crippen LogP contribution in [0, 0.1) is 6.66 Å². The second-order valence-electron chi connectivity index (χ2n) is 3.07. The first-order chi connectivity index (χ1) is 6.41. The van der Waals surface area contributed by atoms with Crippen LogP contribution in [0.1, 0.15) is 13.8 Å². The lowest BCUT2D eigenvalue weighted by Gasteiger charge is -2.15. The normalized spacial score (nSPS) is 16.1. The smallest absolute Gasteiger partial charge is 0.394 e. The number of rotatable bonds is 7. The second kappa shape index (κ2) is 6.40. The summed E-state index contributed by atoms with van der Waals surface area (Å²) >= 11 is 0. The van der Waals surface area contributed by atoms with Crippen LogP contribution in [0.3, 0.4) is 0 Å². The van der Waals surface area contributed by atoms with E-state index >= 15 is 0 Å². The third-order valence-corrected chi connectivity index (χ3v) is 2.15. The van der Waals surface area contributed by atoms with E-state index < -0.39 is 26.9 Å². The minimum absolute atomic E-state index is 0.0321. The summed E-state index contributed by atoms with van der Waals surface area (Å²) in [5.74, 6) is 0. The minimum atomic E-state index is -3.52. The largest absolute Gasteiger partial charge is 0.527 e. The molecular formula is C7H17NO5P+. The number of aliphatic hydroxyl groups is 2. The summed E-state index contributed by atoms with van der Waals surface area (Å²) in [5, 5.41) is 17.3. The van der Waals surface area contributed by atoms with Crippen LogP contribution < -0.4 is 5.48 Å². The second-order valence-corrected chi connectivity index (χ2v) is 4.68. The zero-order valence-corrected chi connectivity index (χ0v) is 9.24. The van der Waals surface area contributed by atoms with Crippen LogP contribution in [0.15, 0.2) is 0 Å². The van der Waals surface area contributed by atoms with Gasteiger partial charge < -0.3 is 10.2 Å². The Hall–Kier alpha value is -0.100. The minimum Gasteiger partial charge on any atom is -0.394 e. The Morgan fingerprint density at radius 1 is 1.43 bits per heavy atom. The van der Waals surface area contributed by atoms with E-state index in [1.165, 1.54) is 0 Å². The molecule has 0 saturated carbocycles. The summed E-state index contributed by atoms with van der Waals surface area (Å²) in [6, 6.07) is -0.0321. The molecule has 0 aromatic heterocycles. The Balaban J connectivity index is 3.99. The quantitative estimate of drug-likeness (QED) is 0.328. The molecule has 0 radical (unpaired) electrons. The molecule has 0 aliphatic carbocycles. The Morgan fingerprint density at radius 3 is 2.29 bits per heavy atom. The van der Waals surface area contributed by atoms with Gasteiger partial charge in [0.05, 0.1) is 13.2 Å². The fourth-order valence-corrected chi connectivity index (χ4v) is 1.56. The molecule has 0 aromatic carbocycles. The van der Waals surface area contributed by atoms with Crippen molar-refractivity contribution in [1.29, 1.82) is 0 Å². The van der Waals surface area contributed by atoms with E-state index in [4.69, 9.17) is 14.7 Å². The van der Waals surface area contributed by atoms with Crippen molar-refractivity contribution in [3.05, 3.63) is 6.66 Å². The van der Waals surface area contributed by atoms with Crippen LogP contribution in [0.4, 0.5) is 0 Å². The van der Waals surface area contributed by atoms with Gasteiger partial charge in [0.25, 0.3) is 0 Å². The lowest BCUT2D eigenvalue weighted by Crippen LogP contribution is -2.25. The van der Waals surface area contributed by atoms with Crippen molar-refractivity contribution in [3.63, 3.8) is 0 Å². The summed E-state index contributed by atoms with van der Waals surface area (Å²) in [6.45, 7) is 5.89. The van der Waals surface area contributed by atoms with Crippen LogP contribution in [-0.4, -0.2) is 35.6 Å². The van der Waals surface area contributed by atoms with Crippen LogP contribution >= 0.6 is 7.60 Å². The molecule has 0 bridgehead atoms. The van der Waals surface area contributed by atoms with E-state index in [1.54, 1.807) is 13.8 Å². The van der Waals surface area contributed by atoms with Crippen molar-refractivity contribution in [1.82, 2.24) is 5.48 Å². The molecule has 0 aliphatic heterocycles. The standard InChI is InChI=1S/C7H17NO5P/c1-6(2)8-13-14(3,11)12-7(4-9)5-10/h6-10H,3-5H2,1-2H3/q+1. The lowest BCUT2D eigenvalue weighted by molar-refractivity contribution is 0.0363. The van der Waals surface area contributed by atoms with E-state index in [1.807, 2.05) is 0 Å². The van der Waals surface area contributed by atoms with Crippen molar-refractivity contribution in [2.75, 3.05) is 13.2 Å². The predicted molar refractivity (Wildman–Crippen MR) is 51.4 cm³/mol. The fourth-order valence-electron chi connectivity index (χ4n) is 0.559. The molecule has 1 unspecified atom stereocenters. The average molecular weight is 226 g/mol. The predicted octanol–water partition coefficient (Wildman–Crippen LogP) is 0.270. The van der Waals surface area contributed by atoms with Crippen LogP contribution in [0.2, 0.25) is 0 Å². The highest BCUT2D eigenvalue weighted by molar-refractivity contribution is 7.55. The van der Waals surface area contributed by atoms with Gasteiger partial charge in [-0.15, -0.1) is 0 Å². The lowest BCUT2D eigenvalue weighted by atomic mass is 10.4. The topological polar surface area (TPSA) is 88.0 Å². The first-order valence-corrected chi connectivity index (χ1v) is 5.92. The SMILES string of the molecule is [CH2+]P(=O)(ONC(C)C)OC(CO)CO. The summed E-state index contributed by atoms with van der Waals surface area (Å²) in [5.41, 5.74) is 2.43. The molecule has 0 spiro atoms. The molecule has 1 atom stereocenters. The number of hydroxylamine groups is 1. The summed E-state index contributed by atoms with van der Waals surface area (Å²) in [4.78, 5) is 0. The van der Waals surface area contributed by atoms with Gasteiger partial charge in [-0.25, -0.2) is 4.57 Å². The summed E-state index contributed by atoms with van der Waals surface area (Å²) in [6.07, 6.45) is -0.938. The Kier molecular flexibility index (Phi) is 6.35. The molecule has 7 heteroatoms. The molecule has 0 fully saturated rings. The van der Waals surface area contributed by atoms with E-state index in [-0.39, 0.29) is 6.04 Å². The van der Waals surface area contributed by atoms with Crippen molar-refractivity contribution in [2.45, 2.75) is 26.0 Å². The van der Waals surface area contributed by atoms with E-state index in [0.29, 0.717) is 0 Å². The van der Waals surface area contributed by atoms with Crippen molar-refractivity contribution in [3.8, 4) is 0 Å². The van der Waals surface area contributed by atoms with E-state index in [9.17, 15) is 4.57 Å². The van der Waals surface area contributed by atoms with Gasteiger partial charge in [0.2, 0.25) is 0 Å². The maximum atomic E-state index is 11.4. The number of nitrogens with one attached hydrogen (secondary N) is 1. The Labute approximate surface area is 83.7 Å². The average Bonchev–Trinajstić information content (AvgIpc) is 2.11. The first-order valence-electron chi connectivity index (χ1n) is 4.20. The van der Waals surface area contributed by atoms with Crippen molar-refractivity contribution < 1.29 is 23.9 Å². The van der Waals surface area contributed by atoms with Gasteiger partial charge >= 0.3 is 7.60 Å². The summed E-state index contributed by atoms with van der Waals surface area (Å²) < 4.78 is 20.8. The van der Waals surface area contributed by atoms with Crippen LogP contribution in [-0.2, 0) is 13.7 Å². The maximum absolute atomic E-state index is 11.4. The van der Waals surface area contributed by atoms with Crippen molar-refractivity contribution >= 4 is 7.60 Å². The van der Waals surface area contributed by atoms with Gasteiger partial charge in [0, 0.05) is 6.04 Å². The number of aliphatic hydroxyl groups excluding tert-OH is 2. The molecular weight excluding hydrogens is 209 g/mol. The maximum Gasteiger partial charge on any atom is 0.527 e. The van der Waals surface area contributed by atoms with Gasteiger partial charge in [0.15, 0.2) is 6.66 Å². The fraction of sp³-hybridized carbons (Fsp3) is 0.857. The molecule has 84 valence electrons. The molecule has 0 amide bonds. The zero-order chi connectivity index (χ0) is 11.2. The van der Waals surface area contributed by atoms with E-state index in [0.717, 1.165) is 0 Å². The molecule has 14 heavy (non-hydrogen) atoms. The Bertz CT molecular complexity index is 195. The highest BCUT2D eigenvalue weighted by Crippen LogP contribution is 2.46. The highest BCUT2D eigenvalue weighted by atomic mass is 31.2. The molecule has 0 aromatic rings. The monoisotopic (exact) mass is 226 g/mol. The molecule has 0 heterocycles. The third kappa shape index (κ3) is 6.37. The Morgan fingerprint density at radius 2 is 1.93 bits per heavy atom. The summed E-state index contributed by atoms with van der Waals surface area (Å²) in [7, 11) is -3.52. The van der Waals surface area contributed by atoms with Crippen molar-refractivity contribution in [2.24, 2.45) is 0 Å². The van der Waals surface area contributed by atoms with Gasteiger partial charge in [0.1, 0.15) is 6.10 Å². The molecule has 6 nitrogen and oxygen atoms in total.